The summed E-state index contributed by atoms with van der Waals surface area (Å²) in [6, 6.07) is 22.7. The third-order valence-electron chi connectivity index (χ3n) is 6.71. The fourth-order valence-electron chi connectivity index (χ4n) is 4.68. The zero-order valence-electron chi connectivity index (χ0n) is 14.8. The fraction of sp³-hybridized carbons (Fsp3) is 0.250. The standard InChI is InChI=1S/C24H22/c1-23(2)20-11-7-10-17-13-18-12-15-8-5-6-9-16(15)14-19(18)22(21(17)20)24(23,3)4/h5-14H,1-4H3. The Morgan fingerprint density at radius 2 is 1.21 bits per heavy atom. The van der Waals surface area contributed by atoms with E-state index in [2.05, 4.69) is 88.4 Å². The molecule has 0 saturated heterocycles. The Bertz CT molecular complexity index is 1140. The number of benzene rings is 4. The molecule has 0 amide bonds. The van der Waals surface area contributed by atoms with Crippen LogP contribution in [0.1, 0.15) is 38.8 Å². The van der Waals surface area contributed by atoms with Crippen molar-refractivity contribution in [2.24, 2.45) is 0 Å². The number of rotatable bonds is 0. The summed E-state index contributed by atoms with van der Waals surface area (Å²) in [6.45, 7) is 9.62. The van der Waals surface area contributed by atoms with E-state index in [0.717, 1.165) is 0 Å². The molecule has 0 aliphatic heterocycles. The van der Waals surface area contributed by atoms with Gasteiger partial charge in [0.2, 0.25) is 0 Å². The minimum atomic E-state index is 0.108. The molecular weight excluding hydrogens is 288 g/mol. The van der Waals surface area contributed by atoms with Crippen molar-refractivity contribution in [2.45, 2.75) is 38.5 Å². The van der Waals surface area contributed by atoms with Gasteiger partial charge in [0, 0.05) is 5.41 Å². The molecule has 24 heavy (non-hydrogen) atoms. The molecule has 0 fully saturated rings. The summed E-state index contributed by atoms with van der Waals surface area (Å²) >= 11 is 0. The summed E-state index contributed by atoms with van der Waals surface area (Å²) in [5.41, 5.74) is 3.27. The first-order chi connectivity index (χ1) is 11.4. The largest absolute Gasteiger partial charge is 0.0616 e. The van der Waals surface area contributed by atoms with Crippen LogP contribution in [0, 0.1) is 0 Å². The van der Waals surface area contributed by atoms with Crippen molar-refractivity contribution in [3.63, 3.8) is 0 Å². The van der Waals surface area contributed by atoms with Gasteiger partial charge in [0.1, 0.15) is 0 Å². The van der Waals surface area contributed by atoms with Crippen LogP contribution in [0.2, 0.25) is 0 Å². The third-order valence-corrected chi connectivity index (χ3v) is 6.71. The van der Waals surface area contributed by atoms with E-state index < -0.39 is 0 Å². The second-order valence-electron chi connectivity index (χ2n) is 8.33. The first-order valence-corrected chi connectivity index (χ1v) is 8.80. The lowest BCUT2D eigenvalue weighted by Crippen LogP contribution is -2.35. The second-order valence-corrected chi connectivity index (χ2v) is 8.33. The zero-order valence-corrected chi connectivity index (χ0v) is 14.8. The van der Waals surface area contributed by atoms with Gasteiger partial charge in [-0.15, -0.1) is 0 Å². The Kier molecular flexibility index (Phi) is 2.45. The Morgan fingerprint density at radius 3 is 1.96 bits per heavy atom. The first kappa shape index (κ1) is 14.0. The van der Waals surface area contributed by atoms with Crippen LogP contribution in [-0.4, -0.2) is 0 Å². The SMILES string of the molecule is CC1(C)c2cccc3cc4cc5ccccc5cc4c(c23)C1(C)C. The molecule has 0 spiro atoms. The molecule has 0 bridgehead atoms. The monoisotopic (exact) mass is 310 g/mol. The molecule has 0 saturated carbocycles. The quantitative estimate of drug-likeness (QED) is 0.316. The van der Waals surface area contributed by atoms with Crippen molar-refractivity contribution < 1.29 is 0 Å². The van der Waals surface area contributed by atoms with Crippen LogP contribution in [0.25, 0.3) is 32.3 Å². The highest BCUT2D eigenvalue weighted by molar-refractivity contribution is 6.10. The van der Waals surface area contributed by atoms with Gasteiger partial charge in [-0.25, -0.2) is 0 Å². The number of hydrogen-bond donors (Lipinski definition) is 0. The molecule has 1 aliphatic carbocycles. The highest BCUT2D eigenvalue weighted by Crippen LogP contribution is 2.56. The average Bonchev–Trinajstić information content (AvgIpc) is 2.72. The molecule has 0 N–H and O–H groups in total. The summed E-state index contributed by atoms with van der Waals surface area (Å²) < 4.78 is 0. The third kappa shape index (κ3) is 1.50. The summed E-state index contributed by atoms with van der Waals surface area (Å²) in [5.74, 6) is 0. The molecule has 4 aromatic rings. The maximum Gasteiger partial charge on any atom is 0.0000583 e. The molecule has 0 heteroatoms. The van der Waals surface area contributed by atoms with Gasteiger partial charge in [-0.05, 0) is 67.1 Å². The Balaban J connectivity index is 2.07. The first-order valence-electron chi connectivity index (χ1n) is 8.80. The minimum absolute atomic E-state index is 0.108. The van der Waals surface area contributed by atoms with Gasteiger partial charge in [0.05, 0.1) is 0 Å². The highest BCUT2D eigenvalue weighted by Gasteiger charge is 2.47. The van der Waals surface area contributed by atoms with Crippen LogP contribution in [-0.2, 0) is 10.8 Å². The fourth-order valence-corrected chi connectivity index (χ4v) is 4.68. The number of fused-ring (bicyclic) bond motifs is 3. The minimum Gasteiger partial charge on any atom is -0.0616 e. The van der Waals surface area contributed by atoms with Crippen LogP contribution in [0.3, 0.4) is 0 Å². The molecule has 0 aromatic heterocycles. The molecule has 118 valence electrons. The van der Waals surface area contributed by atoms with Crippen LogP contribution >= 0.6 is 0 Å². The molecule has 0 atom stereocenters. The summed E-state index contributed by atoms with van der Waals surface area (Å²) in [6.07, 6.45) is 0. The lowest BCUT2D eigenvalue weighted by atomic mass is 9.66. The maximum atomic E-state index is 2.41. The maximum absolute atomic E-state index is 2.41. The Morgan fingerprint density at radius 1 is 0.583 bits per heavy atom. The van der Waals surface area contributed by atoms with E-state index in [1.807, 2.05) is 0 Å². The summed E-state index contributed by atoms with van der Waals surface area (Å²) in [7, 11) is 0. The van der Waals surface area contributed by atoms with Gasteiger partial charge < -0.3 is 0 Å². The van der Waals surface area contributed by atoms with Crippen LogP contribution in [0.4, 0.5) is 0 Å². The molecule has 5 rings (SSSR count). The van der Waals surface area contributed by atoms with E-state index in [4.69, 9.17) is 0 Å². The lowest BCUT2D eigenvalue weighted by Gasteiger charge is -2.37. The molecule has 0 unspecified atom stereocenters. The van der Waals surface area contributed by atoms with Crippen molar-refractivity contribution in [2.75, 3.05) is 0 Å². The smallest absolute Gasteiger partial charge is 0.0000583 e. The van der Waals surface area contributed by atoms with E-state index in [0.29, 0.717) is 0 Å². The molecular formula is C24H22. The van der Waals surface area contributed by atoms with Gasteiger partial charge in [-0.1, -0.05) is 70.2 Å². The number of hydrogen-bond acceptors (Lipinski definition) is 0. The van der Waals surface area contributed by atoms with Crippen molar-refractivity contribution in [1.82, 2.24) is 0 Å². The van der Waals surface area contributed by atoms with Crippen molar-refractivity contribution in [3.05, 3.63) is 71.8 Å². The van der Waals surface area contributed by atoms with Crippen LogP contribution in [0.15, 0.2) is 60.7 Å². The summed E-state index contributed by atoms with van der Waals surface area (Å²) in [5, 5.41) is 8.30. The van der Waals surface area contributed by atoms with Gasteiger partial charge in [-0.3, -0.25) is 0 Å². The summed E-state index contributed by atoms with van der Waals surface area (Å²) in [4.78, 5) is 0. The average molecular weight is 310 g/mol. The molecule has 4 aromatic carbocycles. The molecule has 0 heterocycles. The van der Waals surface area contributed by atoms with E-state index in [-0.39, 0.29) is 10.8 Å². The van der Waals surface area contributed by atoms with Crippen LogP contribution < -0.4 is 0 Å². The van der Waals surface area contributed by atoms with E-state index in [1.165, 1.54) is 43.4 Å². The lowest BCUT2D eigenvalue weighted by molar-refractivity contribution is 0.324. The topological polar surface area (TPSA) is 0 Å². The van der Waals surface area contributed by atoms with Gasteiger partial charge in [-0.2, -0.15) is 0 Å². The zero-order chi connectivity index (χ0) is 16.7. The van der Waals surface area contributed by atoms with E-state index in [9.17, 15) is 0 Å². The molecule has 1 aliphatic rings. The predicted octanol–water partition coefficient (Wildman–Crippen LogP) is 6.72. The van der Waals surface area contributed by atoms with Crippen molar-refractivity contribution >= 4 is 32.3 Å². The van der Waals surface area contributed by atoms with Gasteiger partial charge in [0.15, 0.2) is 0 Å². The predicted molar refractivity (Wildman–Crippen MR) is 105 cm³/mol. The van der Waals surface area contributed by atoms with Gasteiger partial charge in [0.25, 0.3) is 0 Å². The van der Waals surface area contributed by atoms with Gasteiger partial charge >= 0.3 is 0 Å². The second kappa shape index (κ2) is 4.19. The van der Waals surface area contributed by atoms with Crippen LogP contribution in [0.5, 0.6) is 0 Å². The normalized spacial score (nSPS) is 17.8. The van der Waals surface area contributed by atoms with Crippen molar-refractivity contribution in [1.29, 1.82) is 0 Å². The van der Waals surface area contributed by atoms with E-state index in [1.54, 1.807) is 0 Å². The van der Waals surface area contributed by atoms with Crippen molar-refractivity contribution in [3.8, 4) is 0 Å². The Labute approximate surface area is 143 Å². The molecule has 0 radical (unpaired) electrons. The Hall–Kier alpha value is -2.34. The van der Waals surface area contributed by atoms with E-state index >= 15 is 0 Å². The highest BCUT2D eigenvalue weighted by atomic mass is 14.5. The molecule has 0 nitrogen and oxygen atoms in total.